The van der Waals surface area contributed by atoms with Gasteiger partial charge in [-0.2, -0.15) is 0 Å². The van der Waals surface area contributed by atoms with E-state index in [0.29, 0.717) is 5.02 Å². The largest absolute Gasteiger partial charge is 0.496 e. The van der Waals surface area contributed by atoms with Crippen LogP contribution in [0.15, 0.2) is 18.2 Å². The Bertz CT molecular complexity index is 318. The molecule has 78 valence electrons. The van der Waals surface area contributed by atoms with Crippen molar-refractivity contribution < 1.29 is 18.6 Å². The van der Waals surface area contributed by atoms with E-state index < -0.39 is 12.5 Å². The van der Waals surface area contributed by atoms with Crippen molar-refractivity contribution in [2.24, 2.45) is 0 Å². The van der Waals surface area contributed by atoms with Gasteiger partial charge in [0.25, 0.3) is 6.43 Å². The zero-order valence-corrected chi connectivity index (χ0v) is 8.13. The highest BCUT2D eigenvalue weighted by atomic mass is 35.5. The highest BCUT2D eigenvalue weighted by molar-refractivity contribution is 6.30. The van der Waals surface area contributed by atoms with Crippen molar-refractivity contribution in [3.05, 3.63) is 28.8 Å². The van der Waals surface area contributed by atoms with E-state index in [4.69, 9.17) is 21.4 Å². The average Bonchev–Trinajstić information content (AvgIpc) is 2.16. The molecule has 1 aromatic carbocycles. The van der Waals surface area contributed by atoms with Crippen molar-refractivity contribution in [2.75, 3.05) is 7.11 Å². The summed E-state index contributed by atoms with van der Waals surface area (Å²) in [4.78, 5) is 0. The van der Waals surface area contributed by atoms with Crippen LogP contribution in [0.4, 0.5) is 8.78 Å². The van der Waals surface area contributed by atoms with Gasteiger partial charge in [0.1, 0.15) is 11.9 Å². The molecule has 1 rings (SSSR count). The van der Waals surface area contributed by atoms with Crippen LogP contribution in [0.2, 0.25) is 5.02 Å². The molecule has 1 N–H and O–H groups in total. The zero-order valence-electron chi connectivity index (χ0n) is 7.38. The number of rotatable bonds is 3. The summed E-state index contributed by atoms with van der Waals surface area (Å²) in [5.74, 6) is 0.158. The first-order valence-electron chi connectivity index (χ1n) is 3.86. The molecule has 0 aliphatic heterocycles. The van der Waals surface area contributed by atoms with Gasteiger partial charge in [-0.25, -0.2) is 8.78 Å². The molecule has 0 aromatic heterocycles. The molecule has 0 saturated carbocycles. The Labute approximate surface area is 85.1 Å². The standard InChI is InChI=1S/C9H9ClF2O2/c1-14-7-4-5(10)2-3-6(7)8(13)9(11)12/h2-4,8-9,13H,1H3. The Kier molecular flexibility index (Phi) is 3.66. The lowest BCUT2D eigenvalue weighted by Crippen LogP contribution is -2.09. The molecule has 0 aliphatic carbocycles. The summed E-state index contributed by atoms with van der Waals surface area (Å²) >= 11 is 5.63. The van der Waals surface area contributed by atoms with E-state index in [-0.39, 0.29) is 11.3 Å². The maximum absolute atomic E-state index is 12.2. The first-order chi connectivity index (χ1) is 6.56. The van der Waals surface area contributed by atoms with Crippen molar-refractivity contribution in [1.82, 2.24) is 0 Å². The first-order valence-corrected chi connectivity index (χ1v) is 4.23. The lowest BCUT2D eigenvalue weighted by molar-refractivity contribution is -0.00698. The number of aliphatic hydroxyl groups excluding tert-OH is 1. The van der Waals surface area contributed by atoms with E-state index in [9.17, 15) is 8.78 Å². The van der Waals surface area contributed by atoms with Crippen LogP contribution in [-0.4, -0.2) is 18.6 Å². The molecule has 0 spiro atoms. The summed E-state index contributed by atoms with van der Waals surface area (Å²) in [6.07, 6.45) is -4.69. The topological polar surface area (TPSA) is 29.5 Å². The van der Waals surface area contributed by atoms with Gasteiger partial charge in [-0.1, -0.05) is 17.7 Å². The van der Waals surface area contributed by atoms with Crippen LogP contribution >= 0.6 is 11.6 Å². The molecule has 0 aliphatic rings. The number of halogens is 3. The highest BCUT2D eigenvalue weighted by Crippen LogP contribution is 2.31. The van der Waals surface area contributed by atoms with Crippen molar-refractivity contribution in [1.29, 1.82) is 0 Å². The summed E-state index contributed by atoms with van der Waals surface area (Å²) in [5.41, 5.74) is 0.0342. The number of benzene rings is 1. The van der Waals surface area contributed by atoms with Crippen LogP contribution in [-0.2, 0) is 0 Å². The Morgan fingerprint density at radius 2 is 2.07 bits per heavy atom. The third-order valence-corrected chi connectivity index (χ3v) is 1.99. The van der Waals surface area contributed by atoms with E-state index in [1.165, 1.54) is 25.3 Å². The van der Waals surface area contributed by atoms with Crippen LogP contribution in [0.3, 0.4) is 0 Å². The molecule has 1 aromatic rings. The minimum Gasteiger partial charge on any atom is -0.496 e. The molecule has 0 amide bonds. The van der Waals surface area contributed by atoms with Gasteiger partial charge in [0.15, 0.2) is 0 Å². The van der Waals surface area contributed by atoms with Gasteiger partial charge in [-0.3, -0.25) is 0 Å². The molecular weight excluding hydrogens is 214 g/mol. The van der Waals surface area contributed by atoms with E-state index >= 15 is 0 Å². The summed E-state index contributed by atoms with van der Waals surface area (Å²) in [6.45, 7) is 0. The number of aliphatic hydroxyl groups is 1. The van der Waals surface area contributed by atoms with Gasteiger partial charge in [0, 0.05) is 10.6 Å². The number of alkyl halides is 2. The molecule has 0 radical (unpaired) electrons. The van der Waals surface area contributed by atoms with Crippen LogP contribution in [0, 0.1) is 0 Å². The summed E-state index contributed by atoms with van der Waals surface area (Å²) in [7, 11) is 1.33. The second-order valence-electron chi connectivity index (χ2n) is 2.67. The highest BCUT2D eigenvalue weighted by Gasteiger charge is 2.22. The quantitative estimate of drug-likeness (QED) is 0.852. The van der Waals surface area contributed by atoms with Gasteiger partial charge < -0.3 is 9.84 Å². The summed E-state index contributed by atoms with van der Waals surface area (Å²) in [5, 5.41) is 9.50. The second kappa shape index (κ2) is 4.57. The number of ether oxygens (including phenoxy) is 1. The molecule has 5 heteroatoms. The second-order valence-corrected chi connectivity index (χ2v) is 3.10. The molecule has 2 nitrogen and oxygen atoms in total. The van der Waals surface area contributed by atoms with Crippen molar-refractivity contribution in [3.63, 3.8) is 0 Å². The molecule has 0 heterocycles. The maximum Gasteiger partial charge on any atom is 0.268 e. The van der Waals surface area contributed by atoms with Gasteiger partial charge in [0.2, 0.25) is 0 Å². The zero-order chi connectivity index (χ0) is 10.7. The van der Waals surface area contributed by atoms with Crippen molar-refractivity contribution in [2.45, 2.75) is 12.5 Å². The van der Waals surface area contributed by atoms with Gasteiger partial charge in [0.05, 0.1) is 7.11 Å². The van der Waals surface area contributed by atoms with Crippen molar-refractivity contribution in [3.8, 4) is 5.75 Å². The van der Waals surface area contributed by atoms with E-state index in [2.05, 4.69) is 0 Å². The van der Waals surface area contributed by atoms with E-state index in [0.717, 1.165) is 0 Å². The van der Waals surface area contributed by atoms with Gasteiger partial charge >= 0.3 is 0 Å². The third-order valence-electron chi connectivity index (χ3n) is 1.75. The Hall–Kier alpha value is -0.870. The van der Waals surface area contributed by atoms with Crippen LogP contribution in [0.5, 0.6) is 5.75 Å². The smallest absolute Gasteiger partial charge is 0.268 e. The summed E-state index contributed by atoms with van der Waals surface area (Å²) < 4.78 is 29.2. The van der Waals surface area contributed by atoms with Gasteiger partial charge in [-0.15, -0.1) is 0 Å². The third kappa shape index (κ3) is 2.33. The van der Waals surface area contributed by atoms with Gasteiger partial charge in [-0.05, 0) is 12.1 Å². The Morgan fingerprint density at radius 1 is 1.43 bits per heavy atom. The number of hydrogen-bond donors (Lipinski definition) is 1. The fraction of sp³-hybridized carbons (Fsp3) is 0.333. The molecule has 1 unspecified atom stereocenters. The molecular formula is C9H9ClF2O2. The normalized spacial score (nSPS) is 13.0. The minimum absolute atomic E-state index is 0.0342. The summed E-state index contributed by atoms with van der Waals surface area (Å²) in [6, 6.07) is 4.12. The number of hydrogen-bond acceptors (Lipinski definition) is 2. The molecule has 0 fully saturated rings. The lowest BCUT2D eigenvalue weighted by Gasteiger charge is -2.13. The Balaban J connectivity index is 3.07. The molecule has 1 atom stereocenters. The first kappa shape index (κ1) is 11.2. The fourth-order valence-corrected chi connectivity index (χ4v) is 1.23. The number of methoxy groups -OCH3 is 1. The predicted molar refractivity (Wildman–Crippen MR) is 49.0 cm³/mol. The SMILES string of the molecule is COc1cc(Cl)ccc1C(O)C(F)F. The van der Waals surface area contributed by atoms with Crippen LogP contribution in [0.25, 0.3) is 0 Å². The van der Waals surface area contributed by atoms with Crippen LogP contribution < -0.4 is 4.74 Å². The van der Waals surface area contributed by atoms with Crippen LogP contribution in [0.1, 0.15) is 11.7 Å². The van der Waals surface area contributed by atoms with E-state index in [1.807, 2.05) is 0 Å². The van der Waals surface area contributed by atoms with E-state index in [1.54, 1.807) is 0 Å². The molecule has 0 saturated heterocycles. The fourth-order valence-electron chi connectivity index (χ4n) is 1.07. The Morgan fingerprint density at radius 3 is 2.57 bits per heavy atom. The molecule has 0 bridgehead atoms. The minimum atomic E-state index is -2.84. The predicted octanol–water partition coefficient (Wildman–Crippen LogP) is 2.65. The lowest BCUT2D eigenvalue weighted by atomic mass is 10.1. The van der Waals surface area contributed by atoms with Crippen molar-refractivity contribution >= 4 is 11.6 Å². The monoisotopic (exact) mass is 222 g/mol. The molecule has 14 heavy (non-hydrogen) atoms. The maximum atomic E-state index is 12.2. The average molecular weight is 223 g/mol.